The number of amides is 2. The summed E-state index contributed by atoms with van der Waals surface area (Å²) < 4.78 is 11.7. The lowest BCUT2D eigenvalue weighted by molar-refractivity contribution is -0.00568. The van der Waals surface area contributed by atoms with Crippen LogP contribution in [-0.4, -0.2) is 58.1 Å². The van der Waals surface area contributed by atoms with Gasteiger partial charge in [-0.05, 0) is 56.7 Å². The number of para-hydroxylation sites is 1. The highest BCUT2D eigenvalue weighted by molar-refractivity contribution is 7.20. The predicted molar refractivity (Wildman–Crippen MR) is 150 cm³/mol. The molecule has 0 bridgehead atoms. The first-order valence-electron chi connectivity index (χ1n) is 13.0. The number of hydrogen-bond donors (Lipinski definition) is 2. The van der Waals surface area contributed by atoms with Gasteiger partial charge in [-0.3, -0.25) is 14.9 Å². The molecule has 2 aliphatic heterocycles. The van der Waals surface area contributed by atoms with Crippen LogP contribution < -0.4 is 10.1 Å². The number of carboxylic acids is 1. The molecular formula is C30H30N2O7S. The molecule has 1 spiro atoms. The minimum absolute atomic E-state index is 0.0434. The smallest absolute Gasteiger partial charge is 0.412 e. The number of ether oxygens (including phenoxy) is 2. The Labute approximate surface area is 235 Å². The highest BCUT2D eigenvalue weighted by atomic mass is 32.1. The molecule has 0 aliphatic carbocycles. The molecule has 2 amide bonds. The van der Waals surface area contributed by atoms with Crippen molar-refractivity contribution in [2.24, 2.45) is 0 Å². The number of thiophene rings is 1. The molecule has 10 heteroatoms. The average Bonchev–Trinajstić information content (AvgIpc) is 3.31. The fraction of sp³-hybridized carbons (Fsp3) is 0.333. The molecule has 208 valence electrons. The molecule has 0 unspecified atom stereocenters. The van der Waals surface area contributed by atoms with E-state index in [1.807, 2.05) is 12.1 Å². The van der Waals surface area contributed by atoms with Crippen LogP contribution in [0.1, 0.15) is 71.1 Å². The summed E-state index contributed by atoms with van der Waals surface area (Å²) >= 11 is 1.21. The quantitative estimate of drug-likeness (QED) is 0.394. The maximum absolute atomic E-state index is 13.8. The fourth-order valence-corrected chi connectivity index (χ4v) is 6.01. The molecule has 0 radical (unpaired) electrons. The van der Waals surface area contributed by atoms with Crippen molar-refractivity contribution in [1.29, 1.82) is 0 Å². The number of nitrogens with one attached hydrogen (secondary N) is 1. The molecule has 40 heavy (non-hydrogen) atoms. The van der Waals surface area contributed by atoms with Crippen LogP contribution in [0.15, 0.2) is 54.6 Å². The Balaban J connectivity index is 1.37. The number of likely N-dealkylation sites (tertiary alicyclic amines) is 1. The standard InChI is InChI=1S/C30H30N2O7S/c1-29(2,3)39-28(37)31-25-21(16-24(40-25)18-8-10-19(11-9-18)27(35)36)26(34)32-14-12-30(13-15-32)17-22(33)20-6-4-5-7-23(20)38-30/h4-11,16H,12-15,17H2,1-3H3,(H,31,37)(H,35,36). The molecule has 3 heterocycles. The van der Waals surface area contributed by atoms with Crippen molar-refractivity contribution in [2.75, 3.05) is 18.4 Å². The van der Waals surface area contributed by atoms with Crippen LogP contribution in [0.2, 0.25) is 0 Å². The molecule has 0 atom stereocenters. The van der Waals surface area contributed by atoms with Crippen LogP contribution in [0.4, 0.5) is 9.80 Å². The summed E-state index contributed by atoms with van der Waals surface area (Å²) in [6.45, 7) is 6.03. The van der Waals surface area contributed by atoms with Crippen LogP contribution >= 0.6 is 11.3 Å². The van der Waals surface area contributed by atoms with Gasteiger partial charge < -0.3 is 19.5 Å². The maximum Gasteiger partial charge on any atom is 0.412 e. The molecule has 3 aromatic rings. The zero-order valence-corrected chi connectivity index (χ0v) is 23.3. The zero-order valence-electron chi connectivity index (χ0n) is 22.5. The van der Waals surface area contributed by atoms with E-state index < -0.39 is 23.3 Å². The Bertz CT molecular complexity index is 1480. The van der Waals surface area contributed by atoms with Crippen LogP contribution in [0.25, 0.3) is 10.4 Å². The van der Waals surface area contributed by atoms with Gasteiger partial charge in [-0.2, -0.15) is 0 Å². The normalized spacial score (nSPS) is 16.2. The monoisotopic (exact) mass is 562 g/mol. The first-order valence-corrected chi connectivity index (χ1v) is 13.8. The van der Waals surface area contributed by atoms with Crippen molar-refractivity contribution in [3.05, 3.63) is 71.3 Å². The van der Waals surface area contributed by atoms with Gasteiger partial charge in [0.15, 0.2) is 5.78 Å². The largest absolute Gasteiger partial charge is 0.486 e. The Morgan fingerprint density at radius 3 is 2.38 bits per heavy atom. The summed E-state index contributed by atoms with van der Waals surface area (Å²) in [7, 11) is 0. The summed E-state index contributed by atoms with van der Waals surface area (Å²) in [6, 6.07) is 15.3. The fourth-order valence-electron chi connectivity index (χ4n) is 4.97. The van der Waals surface area contributed by atoms with Gasteiger partial charge in [0.1, 0.15) is 22.0 Å². The van der Waals surface area contributed by atoms with Crippen molar-refractivity contribution in [1.82, 2.24) is 4.90 Å². The Morgan fingerprint density at radius 2 is 1.73 bits per heavy atom. The SMILES string of the molecule is CC(C)(C)OC(=O)Nc1sc(-c2ccc(C(=O)O)cc2)cc1C(=O)N1CCC2(CC1)CC(=O)c1ccccc1O2. The Hall–Kier alpha value is -4.18. The molecule has 9 nitrogen and oxygen atoms in total. The number of carbonyl (C=O) groups is 4. The van der Waals surface area contributed by atoms with Crippen molar-refractivity contribution in [3.63, 3.8) is 0 Å². The highest BCUT2D eigenvalue weighted by Crippen LogP contribution is 2.41. The Morgan fingerprint density at radius 1 is 1.05 bits per heavy atom. The van der Waals surface area contributed by atoms with E-state index in [9.17, 15) is 24.3 Å². The summed E-state index contributed by atoms with van der Waals surface area (Å²) in [5.41, 5.74) is 0.398. The molecule has 1 fully saturated rings. The van der Waals surface area contributed by atoms with Crippen molar-refractivity contribution in [3.8, 4) is 16.2 Å². The second-order valence-corrected chi connectivity index (χ2v) is 12.1. The van der Waals surface area contributed by atoms with Crippen molar-refractivity contribution >= 4 is 40.1 Å². The minimum atomic E-state index is -1.03. The van der Waals surface area contributed by atoms with Gasteiger partial charge in [0.2, 0.25) is 0 Å². The van der Waals surface area contributed by atoms with Crippen molar-refractivity contribution in [2.45, 2.75) is 51.2 Å². The van der Waals surface area contributed by atoms with Gasteiger partial charge in [-0.15, -0.1) is 11.3 Å². The number of fused-ring (bicyclic) bond motifs is 1. The second kappa shape index (κ2) is 10.4. The molecule has 1 saturated heterocycles. The van der Waals surface area contributed by atoms with E-state index >= 15 is 0 Å². The number of carboxylic acid groups (broad SMARTS) is 1. The minimum Gasteiger partial charge on any atom is -0.486 e. The van der Waals surface area contributed by atoms with Crippen LogP contribution in [-0.2, 0) is 4.74 Å². The zero-order chi connectivity index (χ0) is 28.7. The lowest BCUT2D eigenvalue weighted by Gasteiger charge is -2.43. The predicted octanol–water partition coefficient (Wildman–Crippen LogP) is 6.10. The number of carbonyl (C=O) groups excluding carboxylic acids is 3. The summed E-state index contributed by atoms with van der Waals surface area (Å²) in [5, 5.41) is 12.3. The summed E-state index contributed by atoms with van der Waals surface area (Å²) in [5.74, 6) is -0.662. The molecule has 2 aromatic carbocycles. The van der Waals surface area contributed by atoms with Gasteiger partial charge in [0, 0.05) is 30.8 Å². The lowest BCUT2D eigenvalue weighted by atomic mass is 9.82. The van der Waals surface area contributed by atoms with Gasteiger partial charge in [0.25, 0.3) is 5.91 Å². The number of benzene rings is 2. The average molecular weight is 563 g/mol. The second-order valence-electron chi connectivity index (χ2n) is 11.0. The number of Topliss-reactive ketones (excluding diaryl/α,β-unsaturated/α-hetero) is 1. The first kappa shape index (κ1) is 27.4. The van der Waals surface area contributed by atoms with Crippen LogP contribution in [0.3, 0.4) is 0 Å². The van der Waals surface area contributed by atoms with Gasteiger partial charge in [-0.1, -0.05) is 24.3 Å². The third kappa shape index (κ3) is 5.72. The van der Waals surface area contributed by atoms with Gasteiger partial charge >= 0.3 is 12.1 Å². The van der Waals surface area contributed by atoms with Gasteiger partial charge in [0.05, 0.1) is 23.1 Å². The van der Waals surface area contributed by atoms with Crippen LogP contribution in [0, 0.1) is 0 Å². The first-order chi connectivity index (χ1) is 18.9. The van der Waals surface area contributed by atoms with E-state index in [0.717, 1.165) is 0 Å². The van der Waals surface area contributed by atoms with Gasteiger partial charge in [-0.25, -0.2) is 9.59 Å². The molecule has 2 aliphatic rings. The van der Waals surface area contributed by atoms with E-state index in [1.165, 1.54) is 23.5 Å². The summed E-state index contributed by atoms with van der Waals surface area (Å²) in [6.07, 6.45) is 0.594. The topological polar surface area (TPSA) is 122 Å². The molecule has 1 aromatic heterocycles. The van der Waals surface area contributed by atoms with E-state index in [-0.39, 0.29) is 23.7 Å². The maximum atomic E-state index is 13.8. The number of piperidine rings is 1. The van der Waals surface area contributed by atoms with E-state index in [0.29, 0.717) is 58.2 Å². The summed E-state index contributed by atoms with van der Waals surface area (Å²) in [4.78, 5) is 52.8. The Kier molecular flexibility index (Phi) is 7.14. The lowest BCUT2D eigenvalue weighted by Crippen LogP contribution is -2.52. The molecule has 2 N–H and O–H groups in total. The number of rotatable bonds is 4. The third-order valence-electron chi connectivity index (χ3n) is 6.95. The van der Waals surface area contributed by atoms with Crippen LogP contribution in [0.5, 0.6) is 5.75 Å². The number of ketones is 1. The number of aromatic carboxylic acids is 1. The molecule has 5 rings (SSSR count). The van der Waals surface area contributed by atoms with E-state index in [1.54, 1.807) is 56.0 Å². The molecule has 0 saturated carbocycles. The number of hydrogen-bond acceptors (Lipinski definition) is 7. The molecular weight excluding hydrogens is 532 g/mol. The van der Waals surface area contributed by atoms with E-state index in [2.05, 4.69) is 5.32 Å². The van der Waals surface area contributed by atoms with E-state index in [4.69, 9.17) is 9.47 Å². The number of nitrogens with zero attached hydrogens (tertiary/aromatic N) is 1. The number of anilines is 1. The third-order valence-corrected chi connectivity index (χ3v) is 8.05. The van der Waals surface area contributed by atoms with Crippen molar-refractivity contribution < 1.29 is 33.8 Å². The highest BCUT2D eigenvalue weighted by Gasteiger charge is 2.44.